The largest absolute Gasteiger partial charge is 0.469 e. The van der Waals surface area contributed by atoms with Crippen molar-refractivity contribution >= 4 is 5.97 Å². The summed E-state index contributed by atoms with van der Waals surface area (Å²) in [5, 5.41) is 0. The molecule has 2 heteroatoms. The highest BCUT2D eigenvalue weighted by molar-refractivity contribution is 5.81. The zero-order valence-electron chi connectivity index (χ0n) is 12.3. The van der Waals surface area contributed by atoms with Crippen LogP contribution < -0.4 is 0 Å². The molecule has 1 unspecified atom stereocenters. The summed E-state index contributed by atoms with van der Waals surface area (Å²) < 4.78 is 5.09. The van der Waals surface area contributed by atoms with Gasteiger partial charge in [-0.15, -0.1) is 0 Å². The maximum Gasteiger partial charge on any atom is 0.310 e. The van der Waals surface area contributed by atoms with Crippen LogP contribution in [0.3, 0.4) is 0 Å². The Morgan fingerprint density at radius 1 is 1.19 bits per heavy atom. The fraction of sp³-hybridized carbons (Fsp3) is 0.421. The zero-order chi connectivity index (χ0) is 14.5. The highest BCUT2D eigenvalue weighted by Gasteiger charge is 2.78. The predicted octanol–water partition coefficient (Wildman–Crippen LogP) is 3.86. The number of methoxy groups -OCH3 is 1. The standard InChI is InChI=1S/C19H20O2/c1-21-17(20)16-18-10-5-6-11-19(16,18)13-15(9-12-18)14-7-3-2-4-8-14/h2-9,12,15-16H,10-11,13H2,1H3/t15-,16?,18+,19-/m0/s1. The van der Waals surface area contributed by atoms with E-state index in [1.165, 1.54) is 12.7 Å². The average molecular weight is 280 g/mol. The Hall–Kier alpha value is -1.83. The fourth-order valence-corrected chi connectivity index (χ4v) is 4.85. The Labute approximate surface area is 125 Å². The van der Waals surface area contributed by atoms with Crippen molar-refractivity contribution in [1.82, 2.24) is 0 Å². The van der Waals surface area contributed by atoms with E-state index < -0.39 is 0 Å². The molecule has 108 valence electrons. The maximum absolute atomic E-state index is 12.3. The molecule has 0 bridgehead atoms. The smallest absolute Gasteiger partial charge is 0.310 e. The molecule has 1 aromatic carbocycles. The van der Waals surface area contributed by atoms with Crippen molar-refractivity contribution in [3.05, 3.63) is 60.2 Å². The first kappa shape index (κ1) is 12.9. The molecular weight excluding hydrogens is 260 g/mol. The van der Waals surface area contributed by atoms with E-state index in [4.69, 9.17) is 4.74 Å². The molecule has 4 atom stereocenters. The number of ether oxygens (including phenoxy) is 1. The molecule has 0 heterocycles. The second-order valence-electron chi connectivity index (χ2n) is 6.61. The van der Waals surface area contributed by atoms with Gasteiger partial charge in [0.15, 0.2) is 0 Å². The Morgan fingerprint density at radius 2 is 1.95 bits per heavy atom. The Bertz CT molecular complexity index is 630. The quantitative estimate of drug-likeness (QED) is 0.607. The first-order valence-corrected chi connectivity index (χ1v) is 7.71. The predicted molar refractivity (Wildman–Crippen MR) is 81.7 cm³/mol. The molecule has 0 N–H and O–H groups in total. The van der Waals surface area contributed by atoms with E-state index in [1.807, 2.05) is 0 Å². The molecule has 0 radical (unpaired) electrons. The van der Waals surface area contributed by atoms with Crippen molar-refractivity contribution < 1.29 is 9.53 Å². The number of carbonyl (C=O) groups excluding carboxylic acids is 1. The molecule has 3 aliphatic carbocycles. The minimum atomic E-state index is -0.0305. The van der Waals surface area contributed by atoms with Crippen LogP contribution in [0.4, 0.5) is 0 Å². The molecule has 0 spiro atoms. The lowest BCUT2D eigenvalue weighted by Crippen LogP contribution is -2.21. The minimum Gasteiger partial charge on any atom is -0.469 e. The van der Waals surface area contributed by atoms with Gasteiger partial charge < -0.3 is 4.74 Å². The van der Waals surface area contributed by atoms with Crippen LogP contribution in [0.5, 0.6) is 0 Å². The maximum atomic E-state index is 12.3. The third-order valence-corrected chi connectivity index (χ3v) is 5.89. The highest BCUT2D eigenvalue weighted by Crippen LogP contribution is 2.80. The number of hydrogen-bond acceptors (Lipinski definition) is 2. The number of hydrogen-bond donors (Lipinski definition) is 0. The van der Waals surface area contributed by atoms with E-state index in [9.17, 15) is 4.79 Å². The minimum absolute atomic E-state index is 0.0279. The molecule has 1 fully saturated rings. The number of benzene rings is 1. The van der Waals surface area contributed by atoms with Crippen LogP contribution in [0.25, 0.3) is 0 Å². The van der Waals surface area contributed by atoms with Gasteiger partial charge in [-0.1, -0.05) is 54.6 Å². The fourth-order valence-electron chi connectivity index (χ4n) is 4.85. The van der Waals surface area contributed by atoms with Gasteiger partial charge in [0.2, 0.25) is 0 Å². The molecule has 0 amide bonds. The van der Waals surface area contributed by atoms with Crippen molar-refractivity contribution in [3.8, 4) is 0 Å². The van der Waals surface area contributed by atoms with E-state index in [2.05, 4.69) is 54.6 Å². The summed E-state index contributed by atoms with van der Waals surface area (Å²) >= 11 is 0. The molecule has 0 aliphatic heterocycles. The topological polar surface area (TPSA) is 26.3 Å². The van der Waals surface area contributed by atoms with Crippen LogP contribution in [-0.4, -0.2) is 13.1 Å². The van der Waals surface area contributed by atoms with Crippen LogP contribution in [0.1, 0.15) is 30.7 Å². The van der Waals surface area contributed by atoms with E-state index in [0.717, 1.165) is 19.3 Å². The third-order valence-electron chi connectivity index (χ3n) is 5.89. The lowest BCUT2D eigenvalue weighted by Gasteiger charge is -2.32. The first-order valence-electron chi connectivity index (χ1n) is 7.71. The Balaban J connectivity index is 1.71. The van der Waals surface area contributed by atoms with Crippen molar-refractivity contribution in [3.63, 3.8) is 0 Å². The number of carbonyl (C=O) groups is 1. The van der Waals surface area contributed by atoms with Gasteiger partial charge in [-0.05, 0) is 30.2 Å². The van der Waals surface area contributed by atoms with Gasteiger partial charge in [0.25, 0.3) is 0 Å². The zero-order valence-corrected chi connectivity index (χ0v) is 12.3. The summed E-state index contributed by atoms with van der Waals surface area (Å²) in [7, 11) is 1.51. The normalized spacial score (nSPS) is 39.3. The van der Waals surface area contributed by atoms with Gasteiger partial charge in [0.05, 0.1) is 13.0 Å². The van der Waals surface area contributed by atoms with E-state index in [0.29, 0.717) is 5.92 Å². The van der Waals surface area contributed by atoms with Gasteiger partial charge in [-0.2, -0.15) is 0 Å². The van der Waals surface area contributed by atoms with Crippen LogP contribution in [-0.2, 0) is 9.53 Å². The first-order chi connectivity index (χ1) is 10.2. The van der Waals surface area contributed by atoms with Gasteiger partial charge in [0.1, 0.15) is 0 Å². The molecule has 21 heavy (non-hydrogen) atoms. The SMILES string of the molecule is COC(=O)C1[C@@]23CC=CC[C@@]12C=C[C@H](c1ccccc1)C3. The van der Waals surface area contributed by atoms with Gasteiger partial charge in [0, 0.05) is 11.3 Å². The van der Waals surface area contributed by atoms with Gasteiger partial charge in [-0.25, -0.2) is 0 Å². The van der Waals surface area contributed by atoms with Crippen LogP contribution in [0.15, 0.2) is 54.6 Å². The number of allylic oxidation sites excluding steroid dienone is 4. The van der Waals surface area contributed by atoms with E-state index in [1.54, 1.807) is 0 Å². The molecule has 0 aromatic heterocycles. The monoisotopic (exact) mass is 280 g/mol. The number of esters is 1. The highest BCUT2D eigenvalue weighted by atomic mass is 16.5. The summed E-state index contributed by atoms with van der Waals surface area (Å²) in [6.07, 6.45) is 12.1. The average Bonchev–Trinajstić information content (AvgIpc) is 3.18. The lowest BCUT2D eigenvalue weighted by molar-refractivity contribution is -0.143. The van der Waals surface area contributed by atoms with Crippen LogP contribution >= 0.6 is 0 Å². The molecule has 0 saturated heterocycles. The second kappa shape index (κ2) is 4.33. The molecular formula is C19H20O2. The summed E-state index contributed by atoms with van der Waals surface area (Å²) in [6, 6.07) is 10.6. The van der Waals surface area contributed by atoms with Crippen LogP contribution in [0, 0.1) is 16.7 Å². The third kappa shape index (κ3) is 1.56. The van der Waals surface area contributed by atoms with E-state index in [-0.39, 0.29) is 22.7 Å². The molecule has 3 aliphatic rings. The van der Waals surface area contributed by atoms with E-state index >= 15 is 0 Å². The second-order valence-corrected chi connectivity index (χ2v) is 6.61. The molecule has 4 rings (SSSR count). The molecule has 1 aromatic rings. The van der Waals surface area contributed by atoms with Gasteiger partial charge >= 0.3 is 5.97 Å². The Kier molecular flexibility index (Phi) is 2.66. The lowest BCUT2D eigenvalue weighted by atomic mass is 9.72. The summed E-state index contributed by atoms with van der Waals surface area (Å²) in [5.41, 5.74) is 1.46. The van der Waals surface area contributed by atoms with Gasteiger partial charge in [-0.3, -0.25) is 4.79 Å². The Morgan fingerprint density at radius 3 is 2.71 bits per heavy atom. The molecule has 2 nitrogen and oxygen atoms in total. The molecule has 1 saturated carbocycles. The van der Waals surface area contributed by atoms with Crippen molar-refractivity contribution in [1.29, 1.82) is 0 Å². The van der Waals surface area contributed by atoms with Crippen molar-refractivity contribution in [2.24, 2.45) is 16.7 Å². The summed E-state index contributed by atoms with van der Waals surface area (Å²) in [6.45, 7) is 0. The summed E-state index contributed by atoms with van der Waals surface area (Å²) in [4.78, 5) is 12.3. The van der Waals surface area contributed by atoms with Crippen molar-refractivity contribution in [2.45, 2.75) is 25.2 Å². The van der Waals surface area contributed by atoms with Crippen LogP contribution in [0.2, 0.25) is 0 Å². The van der Waals surface area contributed by atoms with Crippen molar-refractivity contribution in [2.75, 3.05) is 7.11 Å². The number of rotatable bonds is 2. The summed E-state index contributed by atoms with van der Waals surface area (Å²) in [5.74, 6) is 0.424.